The topological polar surface area (TPSA) is 32.5 Å². The number of thioether (sulfide) groups is 1. The molecule has 0 saturated carbocycles. The Labute approximate surface area is 123 Å². The SMILES string of the molecule is CC1SCCCC1(CN)N1CCN(C(C)(C)C)CC1. The van der Waals surface area contributed by atoms with Crippen LogP contribution >= 0.6 is 11.8 Å². The van der Waals surface area contributed by atoms with Gasteiger partial charge in [-0.2, -0.15) is 11.8 Å². The van der Waals surface area contributed by atoms with Crippen molar-refractivity contribution >= 4 is 11.8 Å². The first-order chi connectivity index (χ1) is 8.90. The average Bonchev–Trinajstić information content (AvgIpc) is 2.39. The van der Waals surface area contributed by atoms with Gasteiger partial charge in [0.15, 0.2) is 0 Å². The van der Waals surface area contributed by atoms with Crippen molar-refractivity contribution in [3.05, 3.63) is 0 Å². The Morgan fingerprint density at radius 2 is 1.84 bits per heavy atom. The first-order valence-electron chi connectivity index (χ1n) is 7.72. The minimum atomic E-state index is 0.257. The van der Waals surface area contributed by atoms with Gasteiger partial charge in [-0.05, 0) is 39.4 Å². The van der Waals surface area contributed by atoms with Gasteiger partial charge in [-0.15, -0.1) is 0 Å². The van der Waals surface area contributed by atoms with Crippen LogP contribution in [0.25, 0.3) is 0 Å². The molecule has 0 bridgehead atoms. The molecule has 0 aromatic heterocycles. The van der Waals surface area contributed by atoms with Crippen LogP contribution in [0.2, 0.25) is 0 Å². The molecule has 19 heavy (non-hydrogen) atoms. The van der Waals surface area contributed by atoms with Crippen LogP contribution in [0.4, 0.5) is 0 Å². The van der Waals surface area contributed by atoms with Gasteiger partial charge < -0.3 is 5.73 Å². The summed E-state index contributed by atoms with van der Waals surface area (Å²) in [7, 11) is 0. The Kier molecular flexibility index (Phi) is 4.87. The van der Waals surface area contributed by atoms with Crippen molar-refractivity contribution in [3.8, 4) is 0 Å². The van der Waals surface area contributed by atoms with Crippen molar-refractivity contribution in [1.82, 2.24) is 9.80 Å². The van der Waals surface area contributed by atoms with E-state index in [2.05, 4.69) is 49.3 Å². The maximum Gasteiger partial charge on any atom is 0.0448 e. The quantitative estimate of drug-likeness (QED) is 0.841. The summed E-state index contributed by atoms with van der Waals surface area (Å²) in [5, 5.41) is 0.674. The van der Waals surface area contributed by atoms with Crippen molar-refractivity contribution in [2.24, 2.45) is 5.73 Å². The van der Waals surface area contributed by atoms with E-state index in [-0.39, 0.29) is 5.54 Å². The van der Waals surface area contributed by atoms with Crippen molar-refractivity contribution in [2.45, 2.75) is 56.9 Å². The standard InChI is InChI=1S/C15H31N3S/c1-13-15(12-16,6-5-11-19-13)18-9-7-17(8-10-18)14(2,3)4/h13H,5-12,16H2,1-4H3. The minimum absolute atomic E-state index is 0.257. The molecule has 0 amide bonds. The van der Waals surface area contributed by atoms with E-state index in [9.17, 15) is 0 Å². The third-order valence-corrected chi connectivity index (χ3v) is 6.55. The molecule has 2 rings (SSSR count). The van der Waals surface area contributed by atoms with Crippen molar-refractivity contribution in [2.75, 3.05) is 38.5 Å². The fourth-order valence-electron chi connectivity index (χ4n) is 3.63. The van der Waals surface area contributed by atoms with Gasteiger partial charge >= 0.3 is 0 Å². The number of rotatable bonds is 2. The molecule has 2 saturated heterocycles. The lowest BCUT2D eigenvalue weighted by Crippen LogP contribution is -2.66. The van der Waals surface area contributed by atoms with E-state index in [0.717, 1.165) is 6.54 Å². The summed E-state index contributed by atoms with van der Waals surface area (Å²) in [5.74, 6) is 1.31. The first kappa shape index (κ1) is 15.6. The molecule has 2 unspecified atom stereocenters. The second-order valence-corrected chi connectivity index (χ2v) is 8.52. The van der Waals surface area contributed by atoms with Crippen LogP contribution in [-0.4, -0.2) is 64.6 Å². The Bertz CT molecular complexity index is 294. The third kappa shape index (κ3) is 3.12. The average molecular weight is 286 g/mol. The second kappa shape index (κ2) is 5.92. The molecule has 112 valence electrons. The van der Waals surface area contributed by atoms with Gasteiger partial charge in [-0.25, -0.2) is 0 Å². The Morgan fingerprint density at radius 3 is 2.32 bits per heavy atom. The third-order valence-electron chi connectivity index (χ3n) is 5.09. The van der Waals surface area contributed by atoms with E-state index in [0.29, 0.717) is 10.8 Å². The predicted octanol–water partition coefficient (Wildman–Crippen LogP) is 2.02. The fourth-order valence-corrected chi connectivity index (χ4v) is 4.97. The normalized spacial score (nSPS) is 35.5. The summed E-state index contributed by atoms with van der Waals surface area (Å²) in [5.41, 5.74) is 6.77. The van der Waals surface area contributed by atoms with Crippen LogP contribution < -0.4 is 5.73 Å². The highest BCUT2D eigenvalue weighted by Crippen LogP contribution is 2.38. The van der Waals surface area contributed by atoms with Crippen LogP contribution in [0.3, 0.4) is 0 Å². The number of nitrogens with zero attached hydrogens (tertiary/aromatic N) is 2. The van der Waals surface area contributed by atoms with Gasteiger partial charge in [-0.1, -0.05) is 6.92 Å². The molecule has 0 spiro atoms. The Hall–Kier alpha value is 0.230. The molecule has 2 heterocycles. The lowest BCUT2D eigenvalue weighted by atomic mass is 9.86. The molecule has 3 nitrogen and oxygen atoms in total. The number of piperazine rings is 1. The van der Waals surface area contributed by atoms with Crippen molar-refractivity contribution in [1.29, 1.82) is 0 Å². The lowest BCUT2D eigenvalue weighted by Gasteiger charge is -2.53. The molecule has 4 heteroatoms. The van der Waals surface area contributed by atoms with Gasteiger partial charge in [0, 0.05) is 49.1 Å². The molecular weight excluding hydrogens is 254 g/mol. The molecule has 0 aliphatic carbocycles. The van der Waals surface area contributed by atoms with Crippen LogP contribution in [0, 0.1) is 0 Å². The number of hydrogen-bond donors (Lipinski definition) is 1. The molecule has 2 aliphatic heterocycles. The largest absolute Gasteiger partial charge is 0.329 e. The molecule has 0 radical (unpaired) electrons. The maximum atomic E-state index is 6.21. The molecule has 0 aromatic carbocycles. The maximum absolute atomic E-state index is 6.21. The van der Waals surface area contributed by atoms with E-state index in [1.54, 1.807) is 0 Å². The van der Waals surface area contributed by atoms with Crippen LogP contribution in [0.15, 0.2) is 0 Å². The summed E-state index contributed by atoms with van der Waals surface area (Å²) in [6.45, 7) is 14.9. The highest BCUT2D eigenvalue weighted by molar-refractivity contribution is 8.00. The monoisotopic (exact) mass is 285 g/mol. The molecule has 0 aromatic rings. The Morgan fingerprint density at radius 1 is 1.21 bits per heavy atom. The van der Waals surface area contributed by atoms with Gasteiger partial charge in [0.05, 0.1) is 0 Å². The van der Waals surface area contributed by atoms with Crippen molar-refractivity contribution < 1.29 is 0 Å². The Balaban J connectivity index is 2.02. The summed E-state index contributed by atoms with van der Waals surface area (Å²) in [6, 6.07) is 0. The number of nitrogens with two attached hydrogens (primary N) is 1. The predicted molar refractivity (Wildman–Crippen MR) is 85.8 cm³/mol. The highest BCUT2D eigenvalue weighted by Gasteiger charge is 2.44. The van der Waals surface area contributed by atoms with Gasteiger partial charge in [-0.3, -0.25) is 9.80 Å². The van der Waals surface area contributed by atoms with E-state index in [4.69, 9.17) is 5.73 Å². The zero-order valence-electron chi connectivity index (χ0n) is 13.1. The first-order valence-corrected chi connectivity index (χ1v) is 8.77. The molecule has 2 N–H and O–H groups in total. The lowest BCUT2D eigenvalue weighted by molar-refractivity contribution is -0.000717. The van der Waals surface area contributed by atoms with Gasteiger partial charge in [0.2, 0.25) is 0 Å². The molecular formula is C15H31N3S. The van der Waals surface area contributed by atoms with Gasteiger partial charge in [0.25, 0.3) is 0 Å². The van der Waals surface area contributed by atoms with Gasteiger partial charge in [0.1, 0.15) is 0 Å². The summed E-state index contributed by atoms with van der Waals surface area (Å²) >= 11 is 2.11. The van der Waals surface area contributed by atoms with Crippen molar-refractivity contribution in [3.63, 3.8) is 0 Å². The van der Waals surface area contributed by atoms with E-state index < -0.39 is 0 Å². The van der Waals surface area contributed by atoms with E-state index in [1.165, 1.54) is 44.8 Å². The molecule has 2 atom stereocenters. The summed E-state index contributed by atoms with van der Waals surface area (Å²) < 4.78 is 0. The zero-order chi connectivity index (χ0) is 14.1. The fraction of sp³-hybridized carbons (Fsp3) is 1.00. The smallest absolute Gasteiger partial charge is 0.0448 e. The van der Waals surface area contributed by atoms with Crippen LogP contribution in [0.5, 0.6) is 0 Å². The van der Waals surface area contributed by atoms with Crippen LogP contribution in [0.1, 0.15) is 40.5 Å². The minimum Gasteiger partial charge on any atom is -0.329 e. The summed E-state index contributed by atoms with van der Waals surface area (Å²) in [6.07, 6.45) is 2.61. The molecule has 2 fully saturated rings. The second-order valence-electron chi connectivity index (χ2n) is 7.07. The molecule has 2 aliphatic rings. The van der Waals surface area contributed by atoms with E-state index in [1.807, 2.05) is 0 Å². The van der Waals surface area contributed by atoms with E-state index >= 15 is 0 Å². The summed E-state index contributed by atoms with van der Waals surface area (Å²) in [4.78, 5) is 5.31. The van der Waals surface area contributed by atoms with Crippen LogP contribution in [-0.2, 0) is 0 Å². The highest BCUT2D eigenvalue weighted by atomic mass is 32.2. The zero-order valence-corrected chi connectivity index (χ0v) is 13.9. The number of hydrogen-bond acceptors (Lipinski definition) is 4.